The van der Waals surface area contributed by atoms with E-state index in [0.29, 0.717) is 42.7 Å². The molecule has 0 unspecified atom stereocenters. The quantitative estimate of drug-likeness (QED) is 0.0263. The number of benzene rings is 2. The molecule has 1 heterocycles. The Morgan fingerprint density at radius 2 is 1.52 bits per heavy atom. The summed E-state index contributed by atoms with van der Waals surface area (Å²) >= 11 is 0. The van der Waals surface area contributed by atoms with Crippen LogP contribution >= 0.6 is 0 Å². The molecule has 19 heteroatoms. The maximum atomic E-state index is 14.3. The molecule has 0 bridgehead atoms. The van der Waals surface area contributed by atoms with Crippen LogP contribution in [0.4, 0.5) is 22.7 Å². The van der Waals surface area contributed by atoms with Gasteiger partial charge in [-0.1, -0.05) is 30.4 Å². The van der Waals surface area contributed by atoms with Gasteiger partial charge in [-0.15, -0.1) is 0 Å². The number of piperidine rings is 1. The van der Waals surface area contributed by atoms with E-state index in [1.807, 2.05) is 43.1 Å². The molecule has 4 amide bonds. The molecule has 64 heavy (non-hydrogen) atoms. The highest BCUT2D eigenvalue weighted by Gasteiger charge is 2.27. The van der Waals surface area contributed by atoms with Gasteiger partial charge in [-0.25, -0.2) is 0 Å². The number of amides is 4. The third-order valence-corrected chi connectivity index (χ3v) is 9.17. The second kappa shape index (κ2) is 30.9. The lowest BCUT2D eigenvalue weighted by Crippen LogP contribution is -2.37. The summed E-state index contributed by atoms with van der Waals surface area (Å²) in [7, 11) is 2.91. The number of carbonyl (C=O) groups excluding carboxylic acids is 4. The predicted molar refractivity (Wildman–Crippen MR) is 261 cm³/mol. The van der Waals surface area contributed by atoms with Crippen LogP contribution < -0.4 is 64.4 Å². The summed E-state index contributed by atoms with van der Waals surface area (Å²) in [5, 5.41) is 7.72. The van der Waals surface area contributed by atoms with Crippen LogP contribution in [0.5, 0.6) is 11.5 Å². The van der Waals surface area contributed by atoms with Gasteiger partial charge in [-0.3, -0.25) is 34.1 Å². The number of nitrogens with two attached hydrogens (primary N) is 6. The summed E-state index contributed by atoms with van der Waals surface area (Å²) in [5.41, 5.74) is 38.5. The number of hydrazone groups is 1. The maximum Gasteiger partial charge on any atom is 0.276 e. The zero-order chi connectivity index (χ0) is 48.0. The van der Waals surface area contributed by atoms with Gasteiger partial charge in [0.05, 0.1) is 24.2 Å². The molecule has 0 radical (unpaired) electrons. The number of primary amides is 3. The van der Waals surface area contributed by atoms with E-state index in [-0.39, 0.29) is 65.8 Å². The smallest absolute Gasteiger partial charge is 0.276 e. The van der Waals surface area contributed by atoms with Crippen molar-refractivity contribution in [2.45, 2.75) is 47.0 Å². The number of rotatable bonds is 23. The average molecular weight is 888 g/mol. The second-order valence-electron chi connectivity index (χ2n) is 13.9. The van der Waals surface area contributed by atoms with Crippen molar-refractivity contribution in [1.82, 2.24) is 10.7 Å². The Labute approximate surface area is 377 Å². The SMILES string of the molecule is C=Nc1cc(C(N)=O)cc(OC)c1N(C/C=C/CN(C/C=C/C(C)=N\NCC)c1c(N)cc(C(N)=O)cc1OC/C=C/CC1CCNCC1)C(=O)C(/C=C(/C)N)=NCC.CN.NC=O. The summed E-state index contributed by atoms with van der Waals surface area (Å²) < 4.78 is 12.0. The van der Waals surface area contributed by atoms with E-state index in [9.17, 15) is 14.4 Å². The topological polar surface area (TPSA) is 310 Å². The predicted octanol–water partition coefficient (Wildman–Crippen LogP) is 3.07. The first-order chi connectivity index (χ1) is 30.8. The number of carbonyl (C=O) groups is 4. The van der Waals surface area contributed by atoms with Crippen molar-refractivity contribution in [3.63, 3.8) is 0 Å². The molecule has 1 aliphatic rings. The minimum Gasteiger partial charge on any atom is -0.494 e. The Hall–Kier alpha value is -6.99. The molecule has 0 spiro atoms. The maximum absolute atomic E-state index is 14.3. The number of methoxy groups -OCH3 is 1. The second-order valence-corrected chi connectivity index (χ2v) is 13.9. The minimum absolute atomic E-state index is 0.00720. The number of nitrogens with zero attached hydrogens (tertiary/aromatic N) is 5. The molecule has 1 aliphatic heterocycles. The Morgan fingerprint density at radius 1 is 0.906 bits per heavy atom. The van der Waals surface area contributed by atoms with Crippen molar-refractivity contribution in [1.29, 1.82) is 0 Å². The highest BCUT2D eigenvalue weighted by Crippen LogP contribution is 2.40. The van der Waals surface area contributed by atoms with Gasteiger partial charge in [0.2, 0.25) is 18.2 Å². The summed E-state index contributed by atoms with van der Waals surface area (Å²) in [6, 6.07) is 6.01. The molecular weight excluding hydrogens is 819 g/mol. The third-order valence-electron chi connectivity index (χ3n) is 9.17. The van der Waals surface area contributed by atoms with Crippen LogP contribution in [-0.2, 0) is 9.59 Å². The zero-order valence-corrected chi connectivity index (χ0v) is 38.1. The number of hydrogen-bond acceptors (Lipinski definition) is 15. The molecule has 1 fully saturated rings. The van der Waals surface area contributed by atoms with Crippen molar-refractivity contribution >= 4 is 65.0 Å². The largest absolute Gasteiger partial charge is 0.494 e. The highest BCUT2D eigenvalue weighted by atomic mass is 16.5. The highest BCUT2D eigenvalue weighted by molar-refractivity contribution is 6.48. The van der Waals surface area contributed by atoms with Crippen molar-refractivity contribution in [3.8, 4) is 11.5 Å². The Kier molecular flexibility index (Phi) is 26.6. The minimum atomic E-state index is -0.704. The fourth-order valence-corrected chi connectivity index (χ4v) is 6.32. The van der Waals surface area contributed by atoms with Gasteiger partial charge < -0.3 is 59.5 Å². The van der Waals surface area contributed by atoms with Crippen LogP contribution in [0.3, 0.4) is 0 Å². The van der Waals surface area contributed by atoms with Gasteiger partial charge in [0, 0.05) is 49.5 Å². The van der Waals surface area contributed by atoms with E-state index < -0.39 is 17.7 Å². The van der Waals surface area contributed by atoms with Gasteiger partial charge >= 0.3 is 0 Å². The lowest BCUT2D eigenvalue weighted by atomic mass is 9.95. The summed E-state index contributed by atoms with van der Waals surface area (Å²) in [6.45, 7) is 14.9. The standard InChI is InChI=1S/C43H61N11O5.CH3NO.CH5N/c1-7-50-36(24-29(3)44)43(57)54(40-35(48-5)26-33(42(47)56)27-37(40)58-6)22-11-10-20-53(21-13-14-30(4)52-51-8-2)39-34(45)25-32(41(46)55)28-38(39)59-23-12-9-15-31-16-18-49-19-17-31;2-1-3;1-2/h9-14,24-28,31,49,51H,5,7-8,15-23,44-45H2,1-4,6H3,(H2,46,55)(H2,47,56);1H,(H2,2,3);2H2,1H3/b11-10+,12-9+,14-13+,29-24-,50-36?,52-30-;;. The van der Waals surface area contributed by atoms with Gasteiger partial charge in [0.15, 0.2) is 0 Å². The molecule has 3 rings (SSSR count). The van der Waals surface area contributed by atoms with Gasteiger partial charge in [0.1, 0.15) is 35.2 Å². The van der Waals surface area contributed by atoms with E-state index in [4.69, 9.17) is 37.2 Å². The fraction of sp³-hybridized carbons (Fsp3) is 0.400. The molecule has 1 saturated heterocycles. The fourth-order valence-electron chi connectivity index (χ4n) is 6.32. The first-order valence-electron chi connectivity index (χ1n) is 20.8. The van der Waals surface area contributed by atoms with Crippen molar-refractivity contribution < 1.29 is 28.7 Å². The Balaban J connectivity index is 0.00000392. The molecular formula is C45H69N13O6. The van der Waals surface area contributed by atoms with Crippen LogP contribution in [0, 0.1) is 5.92 Å². The number of anilines is 3. The number of hydrogen-bond donors (Lipinski definition) is 8. The number of allylic oxidation sites excluding steroid dienone is 3. The normalized spacial score (nSPS) is 13.4. The van der Waals surface area contributed by atoms with Crippen molar-refractivity contribution in [2.24, 2.45) is 49.7 Å². The summed E-state index contributed by atoms with van der Waals surface area (Å²) in [6.07, 6.45) is 16.5. The van der Waals surface area contributed by atoms with Crippen LogP contribution in [0.1, 0.15) is 67.7 Å². The lowest BCUT2D eigenvalue weighted by Gasteiger charge is -2.27. The van der Waals surface area contributed by atoms with E-state index in [0.717, 1.165) is 38.1 Å². The molecule has 350 valence electrons. The monoisotopic (exact) mass is 888 g/mol. The van der Waals surface area contributed by atoms with Crippen LogP contribution in [0.15, 0.2) is 87.6 Å². The molecule has 0 saturated carbocycles. The molecule has 2 aromatic carbocycles. The Morgan fingerprint density at radius 3 is 2.09 bits per heavy atom. The zero-order valence-electron chi connectivity index (χ0n) is 38.1. The number of ether oxygens (including phenoxy) is 2. The van der Waals surface area contributed by atoms with Crippen LogP contribution in [0.2, 0.25) is 0 Å². The van der Waals surface area contributed by atoms with Gasteiger partial charge in [0.25, 0.3) is 5.91 Å². The first kappa shape index (κ1) is 55.0. The van der Waals surface area contributed by atoms with E-state index in [2.05, 4.69) is 50.1 Å². The number of nitrogen functional groups attached to an aromatic ring is 1. The molecule has 2 aromatic rings. The van der Waals surface area contributed by atoms with Gasteiger partial charge in [-0.2, -0.15) is 5.10 Å². The van der Waals surface area contributed by atoms with E-state index in [1.165, 1.54) is 43.3 Å². The van der Waals surface area contributed by atoms with E-state index >= 15 is 0 Å². The molecule has 0 aliphatic carbocycles. The molecule has 0 aromatic heterocycles. The lowest BCUT2D eigenvalue weighted by molar-refractivity contribution is -0.112. The first-order valence-corrected chi connectivity index (χ1v) is 20.8. The Bertz CT molecular complexity index is 2020. The average Bonchev–Trinajstić information content (AvgIpc) is 3.28. The van der Waals surface area contributed by atoms with Crippen molar-refractivity contribution in [2.75, 3.05) is 82.1 Å². The third kappa shape index (κ3) is 18.5. The van der Waals surface area contributed by atoms with Crippen molar-refractivity contribution in [3.05, 3.63) is 83.6 Å². The van der Waals surface area contributed by atoms with Crippen LogP contribution in [0.25, 0.3) is 0 Å². The molecule has 14 N–H and O–H groups in total. The summed E-state index contributed by atoms with van der Waals surface area (Å²) in [5.74, 6) is -0.665. The summed E-state index contributed by atoms with van der Waals surface area (Å²) in [4.78, 5) is 59.3. The van der Waals surface area contributed by atoms with E-state index in [1.54, 1.807) is 26.0 Å². The van der Waals surface area contributed by atoms with Crippen LogP contribution in [-0.4, -0.2) is 109 Å². The van der Waals surface area contributed by atoms with Gasteiger partial charge in [-0.05, 0) is 116 Å². The molecule has 19 nitrogen and oxygen atoms in total. The number of aliphatic imine (C=N–C) groups is 2. The number of nitrogens with one attached hydrogen (secondary N) is 2. The molecule has 0 atom stereocenters.